The second-order valence-corrected chi connectivity index (χ2v) is 7.34. The third-order valence-corrected chi connectivity index (χ3v) is 4.94. The van der Waals surface area contributed by atoms with Gasteiger partial charge in [0.15, 0.2) is 0 Å². The number of rotatable bonds is 9. The summed E-state index contributed by atoms with van der Waals surface area (Å²) in [6.45, 7) is 4.00. The van der Waals surface area contributed by atoms with Crippen LogP contribution >= 0.6 is 24.8 Å². The number of nitrogens with zero attached hydrogens (tertiary/aromatic N) is 2. The van der Waals surface area contributed by atoms with E-state index in [1.807, 2.05) is 0 Å². The summed E-state index contributed by atoms with van der Waals surface area (Å²) in [7, 11) is 4.39. The average Bonchev–Trinajstić information content (AvgIpc) is 2.75. The summed E-state index contributed by atoms with van der Waals surface area (Å²) in [5, 5.41) is 0. The number of hydrogen-bond acceptors (Lipinski definition) is 2. The Kier molecular flexibility index (Phi) is 12.1. The molecule has 0 heterocycles. The molecule has 0 unspecified atom stereocenters. The topological polar surface area (TPSA) is 6.48 Å². The van der Waals surface area contributed by atoms with Gasteiger partial charge in [-0.1, -0.05) is 97.1 Å². The fraction of sp³-hybridized carbons (Fsp3) is 0.231. The highest BCUT2D eigenvalue weighted by molar-refractivity contribution is 5.85. The van der Waals surface area contributed by atoms with E-state index < -0.39 is 0 Å². The molecule has 0 aliphatic heterocycles. The van der Waals surface area contributed by atoms with E-state index in [2.05, 4.69) is 121 Å². The van der Waals surface area contributed by atoms with Gasteiger partial charge in [-0.2, -0.15) is 0 Å². The third-order valence-electron chi connectivity index (χ3n) is 4.94. The first-order valence-corrected chi connectivity index (χ1v) is 9.94. The molecule has 0 spiro atoms. The fourth-order valence-corrected chi connectivity index (χ4v) is 3.29. The van der Waals surface area contributed by atoms with Crippen LogP contribution in [0.3, 0.4) is 0 Å². The van der Waals surface area contributed by atoms with Crippen molar-refractivity contribution < 1.29 is 0 Å². The number of benzene rings is 3. The Bertz CT molecular complexity index is 810. The summed E-state index contributed by atoms with van der Waals surface area (Å²) in [6.07, 6.45) is 2.35. The van der Waals surface area contributed by atoms with Crippen LogP contribution in [0.5, 0.6) is 0 Å². The zero-order valence-corrected chi connectivity index (χ0v) is 19.4. The predicted octanol–water partition coefficient (Wildman–Crippen LogP) is 6.03. The van der Waals surface area contributed by atoms with E-state index in [1.54, 1.807) is 0 Å². The Morgan fingerprint density at radius 1 is 0.633 bits per heavy atom. The van der Waals surface area contributed by atoms with Crippen LogP contribution in [0.1, 0.15) is 16.7 Å². The van der Waals surface area contributed by atoms with Crippen LogP contribution in [-0.4, -0.2) is 43.5 Å². The lowest BCUT2D eigenvalue weighted by molar-refractivity contribution is 0.264. The highest BCUT2D eigenvalue weighted by atomic mass is 35.5. The molecule has 0 amide bonds. The lowest BCUT2D eigenvalue weighted by Crippen LogP contribution is -2.30. The molecule has 0 saturated heterocycles. The Balaban J connectivity index is 0.00000225. The van der Waals surface area contributed by atoms with Gasteiger partial charge >= 0.3 is 0 Å². The minimum atomic E-state index is 0. The highest BCUT2D eigenvalue weighted by Gasteiger charge is 2.06. The minimum Gasteiger partial charge on any atom is -0.301 e. The molecule has 0 aliphatic carbocycles. The lowest BCUT2D eigenvalue weighted by Gasteiger charge is -2.21. The van der Waals surface area contributed by atoms with E-state index in [0.29, 0.717) is 0 Å². The average molecular weight is 443 g/mol. The van der Waals surface area contributed by atoms with Crippen molar-refractivity contribution in [3.8, 4) is 0 Å². The maximum Gasteiger partial charge on any atom is 0.0231 e. The smallest absolute Gasteiger partial charge is 0.0231 e. The summed E-state index contributed by atoms with van der Waals surface area (Å²) in [5.74, 6) is 0. The standard InChI is InChI=1S/C26H30N2.2ClH/c1-27(20-21-28(2)22-23-12-6-3-7-13-23)19-18-26(24-14-8-4-9-15-24)25-16-10-5-11-17-25;;/h3-18H,19-22H2,1-2H3;2*1H. The monoisotopic (exact) mass is 442 g/mol. The normalized spacial score (nSPS) is 10.3. The van der Waals surface area contributed by atoms with Crippen molar-refractivity contribution in [2.45, 2.75) is 6.54 Å². The number of likely N-dealkylation sites (N-methyl/N-ethyl adjacent to an activating group) is 2. The lowest BCUT2D eigenvalue weighted by atomic mass is 9.97. The van der Waals surface area contributed by atoms with Gasteiger partial charge in [0.25, 0.3) is 0 Å². The van der Waals surface area contributed by atoms with Crippen molar-refractivity contribution in [1.29, 1.82) is 0 Å². The molecule has 0 bridgehead atoms. The van der Waals surface area contributed by atoms with Crippen LogP contribution in [0.4, 0.5) is 0 Å². The molecule has 160 valence electrons. The van der Waals surface area contributed by atoms with Crippen molar-refractivity contribution in [1.82, 2.24) is 9.80 Å². The van der Waals surface area contributed by atoms with Crippen LogP contribution in [0.2, 0.25) is 0 Å². The molecule has 3 aromatic rings. The minimum absolute atomic E-state index is 0. The Morgan fingerprint density at radius 2 is 1.07 bits per heavy atom. The SMILES string of the molecule is CN(CC=C(c1ccccc1)c1ccccc1)CCN(C)Cc1ccccc1.Cl.Cl. The molecule has 0 N–H and O–H groups in total. The summed E-state index contributed by atoms with van der Waals surface area (Å²) in [4.78, 5) is 4.76. The van der Waals surface area contributed by atoms with Gasteiger partial charge in [-0.3, -0.25) is 0 Å². The van der Waals surface area contributed by atoms with E-state index in [9.17, 15) is 0 Å². The van der Waals surface area contributed by atoms with Gasteiger partial charge in [0.05, 0.1) is 0 Å². The van der Waals surface area contributed by atoms with Crippen LogP contribution in [0, 0.1) is 0 Å². The van der Waals surface area contributed by atoms with Crippen molar-refractivity contribution in [3.05, 3.63) is 114 Å². The van der Waals surface area contributed by atoms with E-state index >= 15 is 0 Å². The summed E-state index contributed by atoms with van der Waals surface area (Å²) < 4.78 is 0. The molecule has 2 nitrogen and oxygen atoms in total. The molecule has 0 aliphatic rings. The molecule has 0 fully saturated rings. The Morgan fingerprint density at radius 3 is 1.57 bits per heavy atom. The summed E-state index contributed by atoms with van der Waals surface area (Å²) in [6, 6.07) is 32.0. The first-order chi connectivity index (χ1) is 13.7. The second-order valence-electron chi connectivity index (χ2n) is 7.34. The van der Waals surface area contributed by atoms with Gasteiger partial charge in [-0.25, -0.2) is 0 Å². The highest BCUT2D eigenvalue weighted by Crippen LogP contribution is 2.23. The molecule has 30 heavy (non-hydrogen) atoms. The summed E-state index contributed by atoms with van der Waals surface area (Å²) in [5.41, 5.74) is 5.19. The van der Waals surface area contributed by atoms with Crippen molar-refractivity contribution >= 4 is 30.4 Å². The maximum atomic E-state index is 2.38. The molecule has 3 rings (SSSR count). The third kappa shape index (κ3) is 8.33. The molecular formula is C26H32Cl2N2. The van der Waals surface area contributed by atoms with Gasteiger partial charge < -0.3 is 9.80 Å². The predicted molar refractivity (Wildman–Crippen MR) is 135 cm³/mol. The van der Waals surface area contributed by atoms with Crippen LogP contribution in [0.25, 0.3) is 5.57 Å². The number of hydrogen-bond donors (Lipinski definition) is 0. The zero-order chi connectivity index (χ0) is 19.6. The molecular weight excluding hydrogens is 411 g/mol. The van der Waals surface area contributed by atoms with Crippen LogP contribution in [0.15, 0.2) is 97.1 Å². The first kappa shape index (κ1) is 25.9. The van der Waals surface area contributed by atoms with Gasteiger partial charge in [0.2, 0.25) is 0 Å². The molecule has 0 atom stereocenters. The molecule has 4 heteroatoms. The van der Waals surface area contributed by atoms with E-state index in [0.717, 1.165) is 26.2 Å². The molecule has 0 aromatic heterocycles. The van der Waals surface area contributed by atoms with Crippen LogP contribution < -0.4 is 0 Å². The van der Waals surface area contributed by atoms with E-state index in [-0.39, 0.29) is 24.8 Å². The van der Waals surface area contributed by atoms with E-state index in [4.69, 9.17) is 0 Å². The maximum absolute atomic E-state index is 2.38. The Hall–Kier alpha value is -2.10. The van der Waals surface area contributed by atoms with Gasteiger partial charge in [0.1, 0.15) is 0 Å². The molecule has 0 radical (unpaired) electrons. The van der Waals surface area contributed by atoms with E-state index in [1.165, 1.54) is 22.3 Å². The largest absolute Gasteiger partial charge is 0.301 e. The Labute approximate surface area is 194 Å². The van der Waals surface area contributed by atoms with Crippen molar-refractivity contribution in [2.75, 3.05) is 33.7 Å². The second kappa shape index (κ2) is 14.0. The fourth-order valence-electron chi connectivity index (χ4n) is 3.29. The van der Waals surface area contributed by atoms with Gasteiger partial charge in [-0.15, -0.1) is 24.8 Å². The quantitative estimate of drug-likeness (QED) is 0.399. The number of halogens is 2. The first-order valence-electron chi connectivity index (χ1n) is 9.94. The molecule has 0 saturated carbocycles. The van der Waals surface area contributed by atoms with Crippen molar-refractivity contribution in [2.24, 2.45) is 0 Å². The van der Waals surface area contributed by atoms with Crippen LogP contribution in [-0.2, 0) is 6.54 Å². The summed E-state index contributed by atoms with van der Waals surface area (Å²) >= 11 is 0. The molecule has 3 aromatic carbocycles. The van der Waals surface area contributed by atoms with Gasteiger partial charge in [0, 0.05) is 26.2 Å². The van der Waals surface area contributed by atoms with Gasteiger partial charge in [-0.05, 0) is 36.4 Å². The van der Waals surface area contributed by atoms with Crippen molar-refractivity contribution in [3.63, 3.8) is 0 Å². The zero-order valence-electron chi connectivity index (χ0n) is 17.8.